The maximum Gasteiger partial charge on any atom is 0.144 e. The Morgan fingerprint density at radius 2 is 2.00 bits per heavy atom. The molecule has 122 valence electrons. The number of anilines is 1. The number of fused-ring (bicyclic) bond motifs is 1. The van der Waals surface area contributed by atoms with E-state index >= 15 is 0 Å². The van der Waals surface area contributed by atoms with Crippen LogP contribution in [-0.4, -0.2) is 12.8 Å². The predicted octanol–water partition coefficient (Wildman–Crippen LogP) is 3.97. The van der Waals surface area contributed by atoms with Gasteiger partial charge in [-0.3, -0.25) is 5.01 Å². The molecule has 1 saturated heterocycles. The molecule has 2 aliphatic heterocycles. The van der Waals surface area contributed by atoms with Gasteiger partial charge in [0.25, 0.3) is 0 Å². The van der Waals surface area contributed by atoms with Gasteiger partial charge in [-0.1, -0.05) is 24.7 Å². The summed E-state index contributed by atoms with van der Waals surface area (Å²) in [5, 5.41) is 2.21. The van der Waals surface area contributed by atoms with E-state index in [0.29, 0.717) is 0 Å². The first-order valence-corrected chi connectivity index (χ1v) is 9.16. The minimum atomic E-state index is 0.185. The highest BCUT2D eigenvalue weighted by atomic mass is 16.5. The summed E-state index contributed by atoms with van der Waals surface area (Å²) in [6, 6.07) is 6.60. The molecule has 4 rings (SSSR count). The van der Waals surface area contributed by atoms with Crippen molar-refractivity contribution in [3.63, 3.8) is 0 Å². The van der Waals surface area contributed by atoms with E-state index in [1.807, 2.05) is 0 Å². The second-order valence-corrected chi connectivity index (χ2v) is 7.03. The van der Waals surface area contributed by atoms with Crippen molar-refractivity contribution in [2.75, 3.05) is 11.6 Å². The molecule has 1 unspecified atom stereocenters. The summed E-state index contributed by atoms with van der Waals surface area (Å²) >= 11 is 0. The minimum Gasteiger partial charge on any atom is -0.357 e. The summed E-state index contributed by atoms with van der Waals surface area (Å²) in [5.41, 5.74) is 7.23. The summed E-state index contributed by atoms with van der Waals surface area (Å²) in [5.74, 6) is 7.61. The molecule has 1 aliphatic carbocycles. The maximum absolute atomic E-state index is 5.91. The third kappa shape index (κ3) is 3.39. The van der Waals surface area contributed by atoms with Crippen molar-refractivity contribution in [2.24, 2.45) is 5.92 Å². The van der Waals surface area contributed by atoms with E-state index in [1.54, 1.807) is 0 Å². The Balaban J connectivity index is 1.43. The van der Waals surface area contributed by atoms with E-state index in [4.69, 9.17) is 4.74 Å². The lowest BCUT2D eigenvalue weighted by Gasteiger charge is -2.32. The van der Waals surface area contributed by atoms with Gasteiger partial charge in [-0.15, -0.1) is 0 Å². The van der Waals surface area contributed by atoms with Gasteiger partial charge in [0.2, 0.25) is 0 Å². The number of rotatable bonds is 2. The van der Waals surface area contributed by atoms with E-state index < -0.39 is 0 Å². The number of hydrogen-bond donors (Lipinski definition) is 1. The summed E-state index contributed by atoms with van der Waals surface area (Å²) in [6.07, 6.45) is 10.3. The Hall–Kier alpha value is -1.50. The van der Waals surface area contributed by atoms with E-state index in [9.17, 15) is 0 Å². The van der Waals surface area contributed by atoms with Crippen LogP contribution in [0.4, 0.5) is 5.69 Å². The second kappa shape index (κ2) is 6.95. The van der Waals surface area contributed by atoms with Crippen LogP contribution in [0.15, 0.2) is 18.2 Å². The molecule has 0 amide bonds. The minimum absolute atomic E-state index is 0.185. The summed E-state index contributed by atoms with van der Waals surface area (Å²) < 4.78 is 5.91. The molecule has 2 heterocycles. The van der Waals surface area contributed by atoms with Crippen molar-refractivity contribution < 1.29 is 4.74 Å². The predicted molar refractivity (Wildman–Crippen MR) is 92.8 cm³/mol. The normalized spacial score (nSPS) is 24.3. The van der Waals surface area contributed by atoms with Crippen molar-refractivity contribution in [2.45, 2.75) is 64.1 Å². The van der Waals surface area contributed by atoms with Crippen LogP contribution in [0.5, 0.6) is 0 Å². The van der Waals surface area contributed by atoms with Crippen LogP contribution in [0, 0.1) is 17.8 Å². The van der Waals surface area contributed by atoms with Crippen molar-refractivity contribution in [1.82, 2.24) is 5.43 Å². The fourth-order valence-corrected chi connectivity index (χ4v) is 3.99. The Bertz CT molecular complexity index is 604. The van der Waals surface area contributed by atoms with Gasteiger partial charge >= 0.3 is 0 Å². The molecule has 1 aromatic carbocycles. The van der Waals surface area contributed by atoms with Crippen molar-refractivity contribution in [3.05, 3.63) is 29.3 Å². The molecule has 0 spiro atoms. The topological polar surface area (TPSA) is 24.5 Å². The first kappa shape index (κ1) is 15.1. The van der Waals surface area contributed by atoms with Gasteiger partial charge in [-0.2, -0.15) is 0 Å². The van der Waals surface area contributed by atoms with Gasteiger partial charge in [-0.25, -0.2) is 5.43 Å². The highest BCUT2D eigenvalue weighted by Gasteiger charge is 2.27. The largest absolute Gasteiger partial charge is 0.357 e. The first-order valence-electron chi connectivity index (χ1n) is 9.16. The molecule has 3 nitrogen and oxygen atoms in total. The Labute approximate surface area is 139 Å². The van der Waals surface area contributed by atoms with Gasteiger partial charge in [0.15, 0.2) is 0 Å². The Morgan fingerprint density at radius 1 is 1.13 bits per heavy atom. The van der Waals surface area contributed by atoms with E-state index in [0.717, 1.165) is 37.5 Å². The lowest BCUT2D eigenvalue weighted by atomic mass is 10.0. The Morgan fingerprint density at radius 3 is 2.83 bits per heavy atom. The van der Waals surface area contributed by atoms with Crippen LogP contribution in [0.25, 0.3) is 0 Å². The van der Waals surface area contributed by atoms with Crippen molar-refractivity contribution in [1.29, 1.82) is 0 Å². The molecular weight excluding hydrogens is 284 g/mol. The smallest absolute Gasteiger partial charge is 0.144 e. The van der Waals surface area contributed by atoms with Gasteiger partial charge < -0.3 is 4.74 Å². The number of nitrogens with zero attached hydrogens (tertiary/aromatic N) is 1. The SMILES string of the molecule is C(#Cc1ccc2c(c1)CNN2C1CCCCO1)CC1CCCC1. The molecule has 1 aromatic rings. The van der Waals surface area contributed by atoms with E-state index in [2.05, 4.69) is 40.5 Å². The number of benzene rings is 1. The molecule has 0 bridgehead atoms. The summed E-state index contributed by atoms with van der Waals surface area (Å²) in [6.45, 7) is 1.76. The molecule has 2 fully saturated rings. The number of nitrogens with one attached hydrogen (secondary N) is 1. The Kier molecular flexibility index (Phi) is 4.55. The van der Waals surface area contributed by atoms with E-state index in [1.165, 1.54) is 49.8 Å². The van der Waals surface area contributed by atoms with E-state index in [-0.39, 0.29) is 6.23 Å². The monoisotopic (exact) mass is 310 g/mol. The van der Waals surface area contributed by atoms with Crippen LogP contribution in [0.2, 0.25) is 0 Å². The van der Waals surface area contributed by atoms with Crippen molar-refractivity contribution >= 4 is 5.69 Å². The lowest BCUT2D eigenvalue weighted by Crippen LogP contribution is -2.44. The van der Waals surface area contributed by atoms with Crippen LogP contribution >= 0.6 is 0 Å². The molecule has 3 aliphatic rings. The highest BCUT2D eigenvalue weighted by molar-refractivity contribution is 5.59. The van der Waals surface area contributed by atoms with Gasteiger partial charge in [0.05, 0.1) is 5.69 Å². The zero-order valence-electron chi connectivity index (χ0n) is 13.8. The van der Waals surface area contributed by atoms with Crippen LogP contribution < -0.4 is 10.4 Å². The van der Waals surface area contributed by atoms with Gasteiger partial charge in [0.1, 0.15) is 6.23 Å². The van der Waals surface area contributed by atoms with Crippen LogP contribution in [0.1, 0.15) is 62.5 Å². The highest BCUT2D eigenvalue weighted by Crippen LogP contribution is 2.31. The molecule has 0 aromatic heterocycles. The average Bonchev–Trinajstić information content (AvgIpc) is 3.25. The summed E-state index contributed by atoms with van der Waals surface area (Å²) in [7, 11) is 0. The number of hydrogen-bond acceptors (Lipinski definition) is 3. The molecule has 1 saturated carbocycles. The summed E-state index contributed by atoms with van der Waals surface area (Å²) in [4.78, 5) is 0. The fraction of sp³-hybridized carbons (Fsp3) is 0.600. The lowest BCUT2D eigenvalue weighted by molar-refractivity contribution is 0.00928. The molecule has 1 N–H and O–H groups in total. The standard InChI is InChI=1S/C20H26N2O/c1-2-7-16(6-1)8-5-9-17-11-12-19-18(14-17)15-21-22(19)20-10-3-4-13-23-20/h11-12,14,16,20-21H,1-4,6-8,10,13,15H2. The maximum atomic E-state index is 5.91. The molecular formula is C20H26N2O. The second-order valence-electron chi connectivity index (χ2n) is 7.03. The molecule has 1 atom stereocenters. The molecule has 0 radical (unpaired) electrons. The molecule has 3 heteroatoms. The average molecular weight is 310 g/mol. The first-order chi connectivity index (χ1) is 11.4. The van der Waals surface area contributed by atoms with Crippen LogP contribution in [-0.2, 0) is 11.3 Å². The van der Waals surface area contributed by atoms with Gasteiger partial charge in [-0.05, 0) is 61.8 Å². The third-order valence-corrected chi connectivity index (χ3v) is 5.32. The third-order valence-electron chi connectivity index (χ3n) is 5.32. The zero-order valence-corrected chi connectivity index (χ0v) is 13.8. The number of ether oxygens (including phenoxy) is 1. The van der Waals surface area contributed by atoms with Crippen LogP contribution in [0.3, 0.4) is 0 Å². The van der Waals surface area contributed by atoms with Gasteiger partial charge in [0, 0.05) is 25.1 Å². The number of hydrazine groups is 1. The molecule has 23 heavy (non-hydrogen) atoms. The fourth-order valence-electron chi connectivity index (χ4n) is 3.99. The van der Waals surface area contributed by atoms with Crippen molar-refractivity contribution in [3.8, 4) is 11.8 Å². The zero-order chi connectivity index (χ0) is 15.5. The quantitative estimate of drug-likeness (QED) is 0.837.